The minimum absolute atomic E-state index is 0.0849. The van der Waals surface area contributed by atoms with Crippen molar-refractivity contribution in [2.45, 2.75) is 25.3 Å². The van der Waals surface area contributed by atoms with Crippen LogP contribution in [-0.4, -0.2) is 47.4 Å². The van der Waals surface area contributed by atoms with Gasteiger partial charge in [-0.25, -0.2) is 4.98 Å². The molecule has 2 aliphatic rings. The van der Waals surface area contributed by atoms with E-state index in [4.69, 9.17) is 5.73 Å². The molecule has 8 heteroatoms. The molecule has 1 aliphatic heterocycles. The highest BCUT2D eigenvalue weighted by atomic mass is 32.1. The number of piperazine rings is 1. The number of anilines is 2. The number of aromatic nitrogens is 1. The Morgan fingerprint density at radius 3 is 2.95 bits per heavy atom. The average Bonchev–Trinajstić information content (AvgIpc) is 2.74. The molecule has 2 amide bonds. The van der Waals surface area contributed by atoms with Crippen LogP contribution in [0.5, 0.6) is 0 Å². The fraction of sp³-hybridized carbons (Fsp3) is 0.583. The van der Waals surface area contributed by atoms with Gasteiger partial charge in [0.05, 0.1) is 6.54 Å². The first-order valence-electron chi connectivity index (χ1n) is 6.72. The van der Waals surface area contributed by atoms with Crippen LogP contribution in [0, 0.1) is 0 Å². The van der Waals surface area contributed by atoms with Gasteiger partial charge in [-0.3, -0.25) is 9.59 Å². The number of nitrogen functional groups attached to an aromatic ring is 1. The minimum Gasteiger partial charge on any atom is -0.382 e. The van der Waals surface area contributed by atoms with Crippen LogP contribution < -0.4 is 16.4 Å². The maximum Gasteiger partial charge on any atom is 0.268 e. The van der Waals surface area contributed by atoms with Crippen molar-refractivity contribution < 1.29 is 9.59 Å². The molecule has 7 nitrogen and oxygen atoms in total. The minimum atomic E-state index is -0.212. The third-order valence-electron chi connectivity index (χ3n) is 3.61. The predicted molar refractivity (Wildman–Crippen MR) is 76.7 cm³/mol. The van der Waals surface area contributed by atoms with Crippen LogP contribution in [0.15, 0.2) is 0 Å². The Hall–Kier alpha value is -1.83. The van der Waals surface area contributed by atoms with Gasteiger partial charge >= 0.3 is 0 Å². The van der Waals surface area contributed by atoms with Crippen molar-refractivity contribution in [3.8, 4) is 0 Å². The Morgan fingerprint density at radius 2 is 2.30 bits per heavy atom. The molecular weight excluding hydrogens is 278 g/mol. The van der Waals surface area contributed by atoms with Gasteiger partial charge in [0.1, 0.15) is 10.7 Å². The van der Waals surface area contributed by atoms with Gasteiger partial charge in [0.25, 0.3) is 5.91 Å². The van der Waals surface area contributed by atoms with Gasteiger partial charge in [0.2, 0.25) is 5.91 Å². The second-order valence-electron chi connectivity index (χ2n) is 5.08. The summed E-state index contributed by atoms with van der Waals surface area (Å²) in [5, 5.41) is 6.67. The van der Waals surface area contributed by atoms with Crippen molar-refractivity contribution in [3.05, 3.63) is 4.88 Å². The van der Waals surface area contributed by atoms with E-state index in [1.165, 1.54) is 22.7 Å². The monoisotopic (exact) mass is 295 g/mol. The zero-order chi connectivity index (χ0) is 14.1. The van der Waals surface area contributed by atoms with E-state index < -0.39 is 0 Å². The largest absolute Gasteiger partial charge is 0.382 e. The van der Waals surface area contributed by atoms with E-state index >= 15 is 0 Å². The summed E-state index contributed by atoms with van der Waals surface area (Å²) in [5.74, 6) is -0.107. The molecule has 2 fully saturated rings. The number of amides is 2. The Morgan fingerprint density at radius 1 is 1.50 bits per heavy atom. The lowest BCUT2D eigenvalue weighted by Crippen LogP contribution is -2.49. The van der Waals surface area contributed by atoms with Crippen LogP contribution >= 0.6 is 11.3 Å². The highest BCUT2D eigenvalue weighted by Gasteiger charge is 2.27. The lowest BCUT2D eigenvalue weighted by atomic mass is 9.93. The smallest absolute Gasteiger partial charge is 0.268 e. The quantitative estimate of drug-likeness (QED) is 0.743. The summed E-state index contributed by atoms with van der Waals surface area (Å²) in [5.41, 5.74) is 5.83. The van der Waals surface area contributed by atoms with E-state index in [2.05, 4.69) is 15.6 Å². The van der Waals surface area contributed by atoms with Gasteiger partial charge < -0.3 is 21.3 Å². The summed E-state index contributed by atoms with van der Waals surface area (Å²) >= 11 is 1.27. The van der Waals surface area contributed by atoms with Crippen molar-refractivity contribution in [2.24, 2.45) is 0 Å². The SMILES string of the molecule is Nc1nc(NC2CCC2)sc1C(=O)N1CCNC(=O)C1. The molecule has 20 heavy (non-hydrogen) atoms. The lowest BCUT2D eigenvalue weighted by molar-refractivity contribution is -0.123. The molecule has 1 aromatic heterocycles. The topological polar surface area (TPSA) is 100 Å². The van der Waals surface area contributed by atoms with Crippen LogP contribution in [-0.2, 0) is 4.79 Å². The second kappa shape index (κ2) is 5.28. The number of rotatable bonds is 3. The van der Waals surface area contributed by atoms with Crippen LogP contribution in [0.4, 0.5) is 10.9 Å². The molecule has 3 rings (SSSR count). The lowest BCUT2D eigenvalue weighted by Gasteiger charge is -2.26. The molecule has 0 radical (unpaired) electrons. The van der Waals surface area contributed by atoms with Crippen molar-refractivity contribution in [1.29, 1.82) is 0 Å². The molecule has 4 N–H and O–H groups in total. The van der Waals surface area contributed by atoms with E-state index in [0.29, 0.717) is 29.1 Å². The van der Waals surface area contributed by atoms with E-state index in [1.807, 2.05) is 0 Å². The van der Waals surface area contributed by atoms with E-state index in [-0.39, 0.29) is 24.2 Å². The Kier molecular flexibility index (Phi) is 3.47. The maximum atomic E-state index is 12.4. The predicted octanol–water partition coefficient (Wildman–Crippen LogP) is 0.262. The van der Waals surface area contributed by atoms with Crippen LogP contribution in [0.25, 0.3) is 0 Å². The standard InChI is InChI=1S/C12H17N5O2S/c13-10-9(11(19)17-5-4-14-8(18)6-17)20-12(16-10)15-7-2-1-3-7/h7H,1-6,13H2,(H,14,18)(H,15,16). The number of thiazole rings is 1. The third-order valence-corrected chi connectivity index (χ3v) is 4.60. The molecule has 0 unspecified atom stereocenters. The number of nitrogens with two attached hydrogens (primary N) is 1. The second-order valence-corrected chi connectivity index (χ2v) is 6.08. The number of hydrogen-bond donors (Lipinski definition) is 3. The van der Waals surface area contributed by atoms with Gasteiger partial charge in [0.15, 0.2) is 5.13 Å². The Balaban J connectivity index is 1.71. The fourth-order valence-corrected chi connectivity index (χ4v) is 3.16. The van der Waals surface area contributed by atoms with E-state index in [9.17, 15) is 9.59 Å². The molecule has 0 atom stereocenters. The first-order valence-corrected chi connectivity index (χ1v) is 7.54. The third kappa shape index (κ3) is 2.55. The molecular formula is C12H17N5O2S. The Labute approximate surface area is 120 Å². The highest BCUT2D eigenvalue weighted by Crippen LogP contribution is 2.30. The molecule has 2 heterocycles. The van der Waals surface area contributed by atoms with E-state index in [1.54, 1.807) is 0 Å². The summed E-state index contributed by atoms with van der Waals surface area (Å²) in [6, 6.07) is 0.448. The van der Waals surface area contributed by atoms with Crippen LogP contribution in [0.3, 0.4) is 0 Å². The number of carbonyl (C=O) groups is 2. The normalized spacial score (nSPS) is 19.4. The van der Waals surface area contributed by atoms with Gasteiger partial charge in [-0.05, 0) is 19.3 Å². The summed E-state index contributed by atoms with van der Waals surface area (Å²) in [4.78, 5) is 29.8. The molecule has 1 saturated carbocycles. The zero-order valence-corrected chi connectivity index (χ0v) is 11.8. The van der Waals surface area contributed by atoms with Crippen molar-refractivity contribution >= 4 is 34.1 Å². The fourth-order valence-electron chi connectivity index (χ4n) is 2.23. The molecule has 0 aromatic carbocycles. The molecule has 0 bridgehead atoms. The first kappa shape index (κ1) is 13.2. The summed E-state index contributed by atoms with van der Waals surface area (Å²) < 4.78 is 0. The molecule has 108 valence electrons. The molecule has 1 aliphatic carbocycles. The number of hydrogen-bond acceptors (Lipinski definition) is 6. The van der Waals surface area contributed by atoms with Gasteiger partial charge in [0, 0.05) is 19.1 Å². The molecule has 1 saturated heterocycles. The van der Waals surface area contributed by atoms with Crippen LogP contribution in [0.2, 0.25) is 0 Å². The maximum absolute atomic E-state index is 12.4. The van der Waals surface area contributed by atoms with Crippen molar-refractivity contribution in [3.63, 3.8) is 0 Å². The van der Waals surface area contributed by atoms with Gasteiger partial charge in [-0.1, -0.05) is 11.3 Å². The van der Waals surface area contributed by atoms with Crippen molar-refractivity contribution in [2.75, 3.05) is 30.7 Å². The van der Waals surface area contributed by atoms with Gasteiger partial charge in [-0.2, -0.15) is 0 Å². The first-order chi connectivity index (χ1) is 9.63. The summed E-state index contributed by atoms with van der Waals surface area (Å²) in [6.45, 7) is 1.07. The van der Waals surface area contributed by atoms with Crippen LogP contribution in [0.1, 0.15) is 28.9 Å². The average molecular weight is 295 g/mol. The number of carbonyl (C=O) groups excluding carboxylic acids is 2. The summed E-state index contributed by atoms with van der Waals surface area (Å²) in [6.07, 6.45) is 3.50. The van der Waals surface area contributed by atoms with Crippen molar-refractivity contribution in [1.82, 2.24) is 15.2 Å². The zero-order valence-electron chi connectivity index (χ0n) is 11.0. The highest BCUT2D eigenvalue weighted by molar-refractivity contribution is 7.18. The molecule has 0 spiro atoms. The van der Waals surface area contributed by atoms with E-state index in [0.717, 1.165) is 12.8 Å². The number of nitrogens with zero attached hydrogens (tertiary/aromatic N) is 2. The molecule has 1 aromatic rings. The Bertz CT molecular complexity index is 540. The van der Waals surface area contributed by atoms with Gasteiger partial charge in [-0.15, -0.1) is 0 Å². The number of nitrogens with one attached hydrogen (secondary N) is 2. The summed E-state index contributed by atoms with van der Waals surface area (Å²) in [7, 11) is 0.